The average molecular weight is 554 g/mol. The third-order valence-electron chi connectivity index (χ3n) is 6.05. The molecule has 11 heteroatoms. The highest BCUT2D eigenvalue weighted by atomic mass is 16.7. The molecular formula is C28H43NO10. The molecule has 0 aliphatic rings. The van der Waals surface area contributed by atoms with E-state index in [9.17, 15) is 19.2 Å². The second kappa shape index (κ2) is 17.3. The third-order valence-corrected chi connectivity index (χ3v) is 6.05. The third kappa shape index (κ3) is 12.4. The number of rotatable bonds is 16. The van der Waals surface area contributed by atoms with Gasteiger partial charge in [0.1, 0.15) is 17.7 Å². The van der Waals surface area contributed by atoms with Crippen molar-refractivity contribution < 1.29 is 47.6 Å². The molecule has 0 saturated carbocycles. The smallest absolute Gasteiger partial charge is 0.468 e. The fourth-order valence-electron chi connectivity index (χ4n) is 3.32. The van der Waals surface area contributed by atoms with Crippen molar-refractivity contribution in [3.8, 4) is 11.5 Å². The summed E-state index contributed by atoms with van der Waals surface area (Å²) in [4.78, 5) is 49.1. The molecule has 0 aromatic heterocycles. The molecule has 0 spiro atoms. The van der Waals surface area contributed by atoms with E-state index in [0.717, 1.165) is 19.3 Å². The van der Waals surface area contributed by atoms with Crippen LogP contribution in [0.5, 0.6) is 11.5 Å². The fourth-order valence-corrected chi connectivity index (χ4v) is 3.32. The minimum atomic E-state index is -1.55. The van der Waals surface area contributed by atoms with E-state index in [1.807, 2.05) is 20.8 Å². The number of carbonyl (C=O) groups excluding carboxylic acids is 4. The maximum atomic E-state index is 12.6. The Morgan fingerprint density at radius 3 is 2.03 bits per heavy atom. The summed E-state index contributed by atoms with van der Waals surface area (Å²) in [6.07, 6.45) is 1.25. The van der Waals surface area contributed by atoms with E-state index in [-0.39, 0.29) is 49.4 Å². The van der Waals surface area contributed by atoms with Gasteiger partial charge in [-0.15, -0.1) is 0 Å². The molecule has 1 unspecified atom stereocenters. The van der Waals surface area contributed by atoms with E-state index in [2.05, 4.69) is 0 Å². The van der Waals surface area contributed by atoms with E-state index < -0.39 is 29.9 Å². The highest BCUT2D eigenvalue weighted by Crippen LogP contribution is 2.31. The summed E-state index contributed by atoms with van der Waals surface area (Å²) in [6, 6.07) is 4.36. The number of benzene rings is 1. The lowest BCUT2D eigenvalue weighted by atomic mass is 9.88. The molecule has 3 atom stereocenters. The predicted octanol–water partition coefficient (Wildman–Crippen LogP) is 5.24. The Hall–Kier alpha value is -3.34. The van der Waals surface area contributed by atoms with Gasteiger partial charge in [-0.05, 0) is 50.8 Å². The lowest BCUT2D eigenvalue weighted by Gasteiger charge is -2.27. The Kier molecular flexibility index (Phi) is 14.9. The van der Waals surface area contributed by atoms with Crippen LogP contribution in [0.4, 0.5) is 9.59 Å². The summed E-state index contributed by atoms with van der Waals surface area (Å²) >= 11 is 0. The maximum absolute atomic E-state index is 12.6. The molecule has 0 bridgehead atoms. The average Bonchev–Trinajstić information content (AvgIpc) is 2.89. The lowest BCUT2D eigenvalue weighted by Crippen LogP contribution is -2.51. The van der Waals surface area contributed by atoms with Crippen LogP contribution >= 0.6 is 0 Å². The molecule has 0 fully saturated rings. The van der Waals surface area contributed by atoms with Gasteiger partial charge in [-0.1, -0.05) is 39.7 Å². The number of carbonyl (C=O) groups is 4. The summed E-state index contributed by atoms with van der Waals surface area (Å²) in [5.74, 6) is -1.29. The summed E-state index contributed by atoms with van der Waals surface area (Å²) in [7, 11) is 1.21. The Bertz CT molecular complexity index is 950. The normalized spacial score (nSPS) is 13.8. The Morgan fingerprint density at radius 1 is 0.897 bits per heavy atom. The van der Waals surface area contributed by atoms with Gasteiger partial charge < -0.3 is 34.2 Å². The van der Waals surface area contributed by atoms with Crippen LogP contribution in [0.1, 0.15) is 85.1 Å². The molecule has 0 saturated heterocycles. The SMILES string of the molecule is CCCCCC(=O)OCC[C@@](N)(Cc1ccc(OC(=O)O[C@@H](C)CC)c(OC(=O)OC(C)CC)c1)C(=O)OC. The van der Waals surface area contributed by atoms with Crippen LogP contribution in [-0.2, 0) is 35.0 Å². The monoisotopic (exact) mass is 553 g/mol. The van der Waals surface area contributed by atoms with Crippen LogP contribution in [0.25, 0.3) is 0 Å². The largest absolute Gasteiger partial charge is 0.514 e. The van der Waals surface area contributed by atoms with Crippen molar-refractivity contribution in [2.24, 2.45) is 5.73 Å². The number of methoxy groups -OCH3 is 1. The first kappa shape index (κ1) is 33.7. The minimum Gasteiger partial charge on any atom is -0.468 e. The standard InChI is InChI=1S/C28H43NO10/c1-7-10-11-12-24(30)35-16-15-28(29,25(31)34-6)18-21-13-14-22(38-26(32)36-19(4)8-2)23(17-21)39-27(33)37-20(5)9-3/h13-14,17,19-20H,7-12,15-16,18,29H2,1-6H3/t19-,20?,28+/m0/s1. The molecule has 11 nitrogen and oxygen atoms in total. The Morgan fingerprint density at radius 2 is 1.49 bits per heavy atom. The van der Waals surface area contributed by atoms with Crippen molar-refractivity contribution in [3.63, 3.8) is 0 Å². The van der Waals surface area contributed by atoms with Gasteiger partial charge in [0.2, 0.25) is 0 Å². The van der Waals surface area contributed by atoms with Crippen LogP contribution in [0.3, 0.4) is 0 Å². The van der Waals surface area contributed by atoms with Gasteiger partial charge in [-0.3, -0.25) is 9.59 Å². The van der Waals surface area contributed by atoms with Crippen molar-refractivity contribution in [1.82, 2.24) is 0 Å². The van der Waals surface area contributed by atoms with Crippen molar-refractivity contribution in [1.29, 1.82) is 0 Å². The van der Waals surface area contributed by atoms with Crippen molar-refractivity contribution in [2.45, 2.75) is 104 Å². The minimum absolute atomic E-state index is 0.00901. The second-order valence-electron chi connectivity index (χ2n) is 9.41. The first-order chi connectivity index (χ1) is 18.5. The van der Waals surface area contributed by atoms with Crippen LogP contribution in [0.2, 0.25) is 0 Å². The van der Waals surface area contributed by atoms with E-state index >= 15 is 0 Å². The highest BCUT2D eigenvalue weighted by Gasteiger charge is 2.36. The first-order valence-corrected chi connectivity index (χ1v) is 13.4. The number of esters is 2. The fraction of sp³-hybridized carbons (Fsp3) is 0.643. The first-order valence-electron chi connectivity index (χ1n) is 13.4. The number of ether oxygens (including phenoxy) is 6. The Labute approximate surface area is 230 Å². The quantitative estimate of drug-likeness (QED) is 0.124. The van der Waals surface area contributed by atoms with E-state index in [0.29, 0.717) is 18.4 Å². The zero-order chi connectivity index (χ0) is 29.4. The van der Waals surface area contributed by atoms with Crippen LogP contribution in [-0.4, -0.2) is 55.7 Å². The van der Waals surface area contributed by atoms with Crippen molar-refractivity contribution in [3.05, 3.63) is 23.8 Å². The van der Waals surface area contributed by atoms with E-state index in [1.54, 1.807) is 19.9 Å². The molecule has 0 aliphatic heterocycles. The topological polar surface area (TPSA) is 150 Å². The highest BCUT2D eigenvalue weighted by molar-refractivity contribution is 5.81. The second-order valence-corrected chi connectivity index (χ2v) is 9.41. The summed E-state index contributed by atoms with van der Waals surface area (Å²) in [5, 5.41) is 0. The Balaban J connectivity index is 3.13. The van der Waals surface area contributed by atoms with Crippen molar-refractivity contribution in [2.75, 3.05) is 13.7 Å². The van der Waals surface area contributed by atoms with Crippen LogP contribution in [0.15, 0.2) is 18.2 Å². The summed E-state index contributed by atoms with van der Waals surface area (Å²) < 4.78 is 31.1. The van der Waals surface area contributed by atoms with E-state index in [4.69, 9.17) is 34.2 Å². The molecule has 1 aromatic rings. The molecule has 0 heterocycles. The number of nitrogens with two attached hydrogens (primary N) is 1. The molecule has 1 aromatic carbocycles. The molecular weight excluding hydrogens is 510 g/mol. The van der Waals surface area contributed by atoms with Crippen molar-refractivity contribution >= 4 is 24.2 Å². The number of hydrogen-bond acceptors (Lipinski definition) is 11. The number of unbranched alkanes of at least 4 members (excludes halogenated alkanes) is 2. The molecule has 1 rings (SSSR count). The maximum Gasteiger partial charge on any atom is 0.514 e. The summed E-state index contributed by atoms with van der Waals surface area (Å²) in [5.41, 5.74) is 5.33. The molecule has 0 amide bonds. The van der Waals surface area contributed by atoms with Crippen LogP contribution < -0.4 is 15.2 Å². The summed E-state index contributed by atoms with van der Waals surface area (Å²) in [6.45, 7) is 9.06. The van der Waals surface area contributed by atoms with Gasteiger partial charge in [-0.2, -0.15) is 0 Å². The van der Waals surface area contributed by atoms with Gasteiger partial charge in [-0.25, -0.2) is 9.59 Å². The molecule has 0 radical (unpaired) electrons. The molecule has 220 valence electrons. The van der Waals surface area contributed by atoms with Gasteiger partial charge in [0, 0.05) is 19.3 Å². The predicted molar refractivity (Wildman–Crippen MR) is 143 cm³/mol. The lowest BCUT2D eigenvalue weighted by molar-refractivity contribution is -0.151. The molecule has 2 N–H and O–H groups in total. The van der Waals surface area contributed by atoms with Gasteiger partial charge in [0.15, 0.2) is 11.5 Å². The van der Waals surface area contributed by atoms with Gasteiger partial charge in [0.25, 0.3) is 0 Å². The molecule has 39 heavy (non-hydrogen) atoms. The molecule has 0 aliphatic carbocycles. The van der Waals surface area contributed by atoms with E-state index in [1.165, 1.54) is 19.2 Å². The zero-order valence-corrected chi connectivity index (χ0v) is 23.9. The number of hydrogen-bond donors (Lipinski definition) is 1. The van der Waals surface area contributed by atoms with Gasteiger partial charge >= 0.3 is 24.2 Å². The van der Waals surface area contributed by atoms with Crippen LogP contribution in [0, 0.1) is 0 Å². The van der Waals surface area contributed by atoms with Gasteiger partial charge in [0.05, 0.1) is 13.7 Å². The zero-order valence-electron chi connectivity index (χ0n) is 23.9.